The van der Waals surface area contributed by atoms with Gasteiger partial charge in [0.05, 0.1) is 5.70 Å². The fraction of sp³-hybridized carbons (Fsp3) is 0.410. The van der Waals surface area contributed by atoms with Crippen molar-refractivity contribution in [3.8, 4) is 0 Å². The van der Waals surface area contributed by atoms with Gasteiger partial charge in [0, 0.05) is 48.4 Å². The lowest BCUT2D eigenvalue weighted by Gasteiger charge is -2.52. The highest BCUT2D eigenvalue weighted by atomic mass is 16.5. The number of para-hydroxylation sites is 1. The zero-order chi connectivity index (χ0) is 32.7. The predicted molar refractivity (Wildman–Crippen MR) is 184 cm³/mol. The molecule has 3 unspecified atom stereocenters. The molecule has 242 valence electrons. The van der Waals surface area contributed by atoms with Crippen molar-refractivity contribution >= 4 is 11.6 Å². The summed E-state index contributed by atoms with van der Waals surface area (Å²) in [5.41, 5.74) is 7.07. The Morgan fingerprint density at radius 2 is 1.72 bits per heavy atom. The number of fused-ring (bicyclic) bond motifs is 5. The van der Waals surface area contributed by atoms with Gasteiger partial charge in [-0.1, -0.05) is 85.8 Å². The first kappa shape index (κ1) is 32.0. The van der Waals surface area contributed by atoms with Crippen LogP contribution in [-0.2, 0) is 9.53 Å². The van der Waals surface area contributed by atoms with E-state index in [1.807, 2.05) is 37.4 Å². The molecule has 2 saturated heterocycles. The summed E-state index contributed by atoms with van der Waals surface area (Å²) in [5.74, 6) is 0.129. The van der Waals surface area contributed by atoms with Gasteiger partial charge in [-0.3, -0.25) is 9.69 Å². The van der Waals surface area contributed by atoms with Crippen molar-refractivity contribution in [2.24, 2.45) is 5.92 Å². The number of carbonyl (C=O) groups is 1. The quantitative estimate of drug-likeness (QED) is 0.370. The van der Waals surface area contributed by atoms with Crippen molar-refractivity contribution in [1.82, 2.24) is 15.1 Å². The van der Waals surface area contributed by atoms with E-state index >= 15 is 0 Å². The predicted octanol–water partition coefficient (Wildman–Crippen LogP) is 6.72. The standard InChI is InChI=1S/C39H48N4O3/c1-25-15-11-13-17-27(3)43-29(5)36(28(4)35-31(21-25)24-40-37(35)44)42(33-20-14-12-16-26(33)2)34-22-32(23-39(43,6)46-34)41(7)38(45)30-18-9-8-10-19-30/h8-21,25,27,32,34,38,45H,22-24H2,1-7H3,(H,40,44)/b15-11-,17-13-,31-21+,35-28+/t25?,27?,32-,34-,38?,39+/m1/s1. The van der Waals surface area contributed by atoms with E-state index in [0.29, 0.717) is 19.4 Å². The van der Waals surface area contributed by atoms with Crippen molar-refractivity contribution in [3.63, 3.8) is 0 Å². The zero-order valence-corrected chi connectivity index (χ0v) is 28.2. The van der Waals surface area contributed by atoms with Crippen LogP contribution >= 0.6 is 0 Å². The third kappa shape index (κ3) is 5.76. The normalized spacial score (nSPS) is 33.2. The van der Waals surface area contributed by atoms with E-state index in [9.17, 15) is 9.90 Å². The molecule has 2 aromatic carbocycles. The third-order valence-electron chi connectivity index (χ3n) is 10.2. The molecule has 6 atom stereocenters. The number of hydrogen-bond acceptors (Lipinski definition) is 6. The summed E-state index contributed by atoms with van der Waals surface area (Å²) < 4.78 is 7.27. The molecule has 0 saturated carbocycles. The molecule has 1 amide bonds. The number of aryl methyl sites for hydroxylation is 1. The fourth-order valence-electron chi connectivity index (χ4n) is 8.00. The SMILES string of the molecule is CC1=C2/C(C)=C3/C(=O)NC/C3=C\C(C)/C=C\C=C/C(C)N1[C@]1(C)C[C@H](N(C)C(O)c3ccccc3)C[C@@H](O1)N2c1ccccc1C. The zero-order valence-electron chi connectivity index (χ0n) is 28.2. The molecule has 0 radical (unpaired) electrons. The van der Waals surface area contributed by atoms with Crippen LogP contribution in [-0.4, -0.2) is 58.4 Å². The van der Waals surface area contributed by atoms with E-state index < -0.39 is 12.0 Å². The molecule has 0 aromatic heterocycles. The van der Waals surface area contributed by atoms with E-state index in [0.717, 1.165) is 44.9 Å². The van der Waals surface area contributed by atoms with Crippen LogP contribution in [0, 0.1) is 12.8 Å². The van der Waals surface area contributed by atoms with Gasteiger partial charge in [0.25, 0.3) is 5.91 Å². The fourth-order valence-corrected chi connectivity index (χ4v) is 8.00. The minimum Gasteiger partial charge on any atom is -0.374 e. The number of carbonyl (C=O) groups excluding carboxylic acids is 1. The smallest absolute Gasteiger partial charge is 0.252 e. The second-order valence-electron chi connectivity index (χ2n) is 13.5. The van der Waals surface area contributed by atoms with Gasteiger partial charge in [-0.2, -0.15) is 0 Å². The Kier molecular flexibility index (Phi) is 8.85. The lowest BCUT2D eigenvalue weighted by molar-refractivity contribution is -0.213. The molecule has 4 bridgehead atoms. The molecule has 46 heavy (non-hydrogen) atoms. The number of benzene rings is 2. The van der Waals surface area contributed by atoms with E-state index in [1.54, 1.807) is 0 Å². The number of allylic oxidation sites excluding steroid dienone is 6. The first-order valence-corrected chi connectivity index (χ1v) is 16.5. The first-order chi connectivity index (χ1) is 22.0. The van der Waals surface area contributed by atoms with Crippen molar-refractivity contribution in [2.45, 2.75) is 84.6 Å². The van der Waals surface area contributed by atoms with Crippen LogP contribution in [0.3, 0.4) is 0 Å². The molecule has 7 nitrogen and oxygen atoms in total. The molecule has 2 fully saturated rings. The van der Waals surface area contributed by atoms with Crippen LogP contribution in [0.4, 0.5) is 5.69 Å². The minimum atomic E-state index is -0.759. The molecule has 2 N–H and O–H groups in total. The number of nitrogens with zero attached hydrogens (tertiary/aromatic N) is 3. The summed E-state index contributed by atoms with van der Waals surface area (Å²) in [7, 11) is 2.02. The van der Waals surface area contributed by atoms with Gasteiger partial charge in [0.2, 0.25) is 0 Å². The summed E-state index contributed by atoms with van der Waals surface area (Å²) in [6, 6.07) is 18.2. The van der Waals surface area contributed by atoms with E-state index in [2.05, 4.69) is 116 Å². The highest BCUT2D eigenvalue weighted by Crippen LogP contribution is 2.48. The van der Waals surface area contributed by atoms with Crippen LogP contribution in [0.25, 0.3) is 0 Å². The molecular formula is C39H48N4O3. The average molecular weight is 621 g/mol. The summed E-state index contributed by atoms with van der Waals surface area (Å²) in [5, 5.41) is 14.7. The number of rotatable bonds is 4. The second kappa shape index (κ2) is 12.7. The number of nitrogens with one attached hydrogen (secondary N) is 1. The summed E-state index contributed by atoms with van der Waals surface area (Å²) in [6.07, 6.45) is 11.1. The molecule has 0 spiro atoms. The number of aliphatic hydroxyl groups excluding tert-OH is 1. The third-order valence-corrected chi connectivity index (χ3v) is 10.2. The Morgan fingerprint density at radius 1 is 1.02 bits per heavy atom. The number of amides is 1. The van der Waals surface area contributed by atoms with Crippen LogP contribution in [0.15, 0.2) is 113 Å². The Balaban J connectivity index is 1.59. The first-order valence-electron chi connectivity index (χ1n) is 16.5. The Hall–Kier alpha value is -3.91. The van der Waals surface area contributed by atoms with Crippen molar-refractivity contribution in [3.05, 3.63) is 124 Å². The van der Waals surface area contributed by atoms with Crippen LogP contribution in [0.1, 0.15) is 64.8 Å². The molecule has 2 aromatic rings. The number of anilines is 1. The summed E-state index contributed by atoms with van der Waals surface area (Å²) in [4.78, 5) is 20.4. The Morgan fingerprint density at radius 3 is 2.46 bits per heavy atom. The molecule has 6 rings (SSSR count). The highest BCUT2D eigenvalue weighted by Gasteiger charge is 2.51. The molecule has 4 aliphatic rings. The molecule has 0 aliphatic carbocycles. The number of ether oxygens (including phenoxy) is 1. The van der Waals surface area contributed by atoms with Gasteiger partial charge >= 0.3 is 0 Å². The van der Waals surface area contributed by atoms with Gasteiger partial charge in [-0.25, -0.2) is 0 Å². The van der Waals surface area contributed by atoms with Gasteiger partial charge in [0.15, 0.2) is 0 Å². The van der Waals surface area contributed by atoms with Gasteiger partial charge in [-0.05, 0) is 75.9 Å². The second-order valence-corrected chi connectivity index (χ2v) is 13.5. The maximum atomic E-state index is 13.6. The maximum absolute atomic E-state index is 13.6. The minimum absolute atomic E-state index is 0.00544. The summed E-state index contributed by atoms with van der Waals surface area (Å²) in [6.45, 7) is 13.5. The monoisotopic (exact) mass is 620 g/mol. The number of aliphatic hydroxyl groups is 1. The molecule has 4 aliphatic heterocycles. The Bertz CT molecular complexity index is 1640. The van der Waals surface area contributed by atoms with E-state index in [4.69, 9.17) is 4.74 Å². The summed E-state index contributed by atoms with van der Waals surface area (Å²) >= 11 is 0. The Labute approximate surface area is 274 Å². The lowest BCUT2D eigenvalue weighted by Crippen LogP contribution is -2.60. The van der Waals surface area contributed by atoms with Gasteiger partial charge < -0.3 is 25.0 Å². The van der Waals surface area contributed by atoms with Gasteiger partial charge in [0.1, 0.15) is 18.2 Å². The van der Waals surface area contributed by atoms with Crippen LogP contribution < -0.4 is 10.2 Å². The lowest BCUT2D eigenvalue weighted by atomic mass is 9.92. The van der Waals surface area contributed by atoms with Gasteiger partial charge in [-0.15, -0.1) is 0 Å². The highest BCUT2D eigenvalue weighted by molar-refractivity contribution is 6.03. The number of hydrogen-bond donors (Lipinski definition) is 2. The molecular weight excluding hydrogens is 572 g/mol. The molecule has 4 heterocycles. The maximum Gasteiger partial charge on any atom is 0.252 e. The molecule has 7 heteroatoms. The van der Waals surface area contributed by atoms with Crippen molar-refractivity contribution in [2.75, 3.05) is 18.5 Å². The topological polar surface area (TPSA) is 68.3 Å². The van der Waals surface area contributed by atoms with Crippen LogP contribution in [0.5, 0.6) is 0 Å². The van der Waals surface area contributed by atoms with Crippen molar-refractivity contribution < 1.29 is 14.6 Å². The van der Waals surface area contributed by atoms with E-state index in [1.165, 1.54) is 0 Å². The van der Waals surface area contributed by atoms with Crippen molar-refractivity contribution in [1.29, 1.82) is 0 Å². The largest absolute Gasteiger partial charge is 0.374 e. The van der Waals surface area contributed by atoms with Crippen LogP contribution in [0.2, 0.25) is 0 Å². The average Bonchev–Trinajstić information content (AvgIpc) is 3.37. The van der Waals surface area contributed by atoms with E-state index in [-0.39, 0.29) is 30.1 Å².